The Hall–Kier alpha value is -2.49. The maximum Gasteiger partial charge on any atom is 0.416 e. The molecule has 2 aromatic carbocycles. The Morgan fingerprint density at radius 1 is 1.06 bits per heavy atom. The van der Waals surface area contributed by atoms with E-state index in [-0.39, 0.29) is 13.2 Å². The van der Waals surface area contributed by atoms with Crippen LogP contribution in [0.4, 0.5) is 18.9 Å². The van der Waals surface area contributed by atoms with Gasteiger partial charge in [0.2, 0.25) is 0 Å². The second kappa shape index (κ2) is 8.46. The van der Waals surface area contributed by atoms with Crippen molar-refractivity contribution in [1.29, 1.82) is 0 Å². The standard InChI is InChI=1S/C21H15Cl2F3N2O3S/c22-18-10-27-11-19(23)17(18)12-31-15-5-4-13-6-7-28(20(13)9-15)32(29,30)16-3-1-2-14(8-16)21(24,25)26/h1-5,8-11H,6-7,12H2. The number of pyridine rings is 1. The van der Waals surface area contributed by atoms with E-state index in [1.54, 1.807) is 12.1 Å². The largest absolute Gasteiger partial charge is 0.489 e. The maximum atomic E-state index is 13.1. The third-order valence-electron chi connectivity index (χ3n) is 4.99. The van der Waals surface area contributed by atoms with Crippen LogP contribution < -0.4 is 9.04 Å². The number of benzene rings is 2. The Balaban J connectivity index is 1.62. The number of sulfonamides is 1. The van der Waals surface area contributed by atoms with E-state index in [0.717, 1.165) is 28.1 Å². The molecule has 168 valence electrons. The highest BCUT2D eigenvalue weighted by atomic mass is 35.5. The first kappa shape index (κ1) is 22.7. The molecule has 4 rings (SSSR count). The maximum absolute atomic E-state index is 13.1. The summed E-state index contributed by atoms with van der Waals surface area (Å²) in [6.07, 6.45) is -1.36. The summed E-state index contributed by atoms with van der Waals surface area (Å²) in [6, 6.07) is 8.64. The first-order chi connectivity index (χ1) is 15.1. The van der Waals surface area contributed by atoms with Crippen molar-refractivity contribution in [2.45, 2.75) is 24.1 Å². The second-order valence-electron chi connectivity index (χ2n) is 7.01. The average Bonchev–Trinajstić information content (AvgIpc) is 3.17. The van der Waals surface area contributed by atoms with Gasteiger partial charge >= 0.3 is 6.18 Å². The van der Waals surface area contributed by atoms with Gasteiger partial charge in [0, 0.05) is 30.6 Å². The van der Waals surface area contributed by atoms with Gasteiger partial charge in [-0.3, -0.25) is 9.29 Å². The van der Waals surface area contributed by atoms with Crippen molar-refractivity contribution in [3.05, 3.63) is 81.6 Å². The molecule has 0 N–H and O–H groups in total. The quantitative estimate of drug-likeness (QED) is 0.446. The Morgan fingerprint density at radius 2 is 1.78 bits per heavy atom. The lowest BCUT2D eigenvalue weighted by Gasteiger charge is -2.21. The van der Waals surface area contributed by atoms with Crippen LogP contribution in [0.1, 0.15) is 16.7 Å². The van der Waals surface area contributed by atoms with Crippen LogP contribution in [0.25, 0.3) is 0 Å². The van der Waals surface area contributed by atoms with Crippen molar-refractivity contribution in [3.63, 3.8) is 0 Å². The lowest BCUT2D eigenvalue weighted by molar-refractivity contribution is -0.137. The molecular formula is C21H15Cl2F3N2O3S. The van der Waals surface area contributed by atoms with Gasteiger partial charge in [-0.15, -0.1) is 0 Å². The number of hydrogen-bond donors (Lipinski definition) is 0. The number of ether oxygens (including phenoxy) is 1. The van der Waals surface area contributed by atoms with Crippen LogP contribution in [0.2, 0.25) is 10.0 Å². The third kappa shape index (κ3) is 4.37. The molecule has 0 saturated heterocycles. The molecular weight excluding hydrogens is 488 g/mol. The number of alkyl halides is 3. The number of halogens is 5. The molecule has 1 aromatic heterocycles. The highest BCUT2D eigenvalue weighted by molar-refractivity contribution is 7.92. The Morgan fingerprint density at radius 3 is 2.47 bits per heavy atom. The molecule has 32 heavy (non-hydrogen) atoms. The van der Waals surface area contributed by atoms with E-state index in [2.05, 4.69) is 4.98 Å². The number of rotatable bonds is 5. The predicted molar refractivity (Wildman–Crippen MR) is 115 cm³/mol. The van der Waals surface area contributed by atoms with E-state index >= 15 is 0 Å². The normalized spacial score (nSPS) is 13.8. The van der Waals surface area contributed by atoms with Gasteiger partial charge in [-0.1, -0.05) is 35.3 Å². The van der Waals surface area contributed by atoms with E-state index < -0.39 is 26.7 Å². The molecule has 0 aliphatic carbocycles. The van der Waals surface area contributed by atoms with Crippen molar-refractivity contribution < 1.29 is 26.3 Å². The molecule has 1 aliphatic rings. The highest BCUT2D eigenvalue weighted by Gasteiger charge is 2.35. The van der Waals surface area contributed by atoms with E-state index in [9.17, 15) is 21.6 Å². The Bertz CT molecular complexity index is 1260. The number of nitrogens with zero attached hydrogens (tertiary/aromatic N) is 2. The highest BCUT2D eigenvalue weighted by Crippen LogP contribution is 2.37. The summed E-state index contributed by atoms with van der Waals surface area (Å²) in [5, 5.41) is 0.653. The van der Waals surface area contributed by atoms with Crippen LogP contribution in [-0.4, -0.2) is 19.9 Å². The number of aromatic nitrogens is 1. The molecule has 0 saturated carbocycles. The molecule has 0 fully saturated rings. The van der Waals surface area contributed by atoms with Gasteiger partial charge < -0.3 is 4.74 Å². The minimum atomic E-state index is -4.65. The number of fused-ring (bicyclic) bond motifs is 1. The van der Waals surface area contributed by atoms with Crippen molar-refractivity contribution >= 4 is 38.9 Å². The predicted octanol–water partition coefficient (Wildman–Crippen LogP) is 5.74. The van der Waals surface area contributed by atoms with Crippen LogP contribution >= 0.6 is 23.2 Å². The summed E-state index contributed by atoms with van der Waals surface area (Å²) in [7, 11) is -4.20. The Labute approximate surface area is 192 Å². The zero-order valence-electron chi connectivity index (χ0n) is 16.2. The third-order valence-corrected chi connectivity index (χ3v) is 7.46. The van der Waals surface area contributed by atoms with Crippen LogP contribution in [0, 0.1) is 0 Å². The molecule has 0 radical (unpaired) electrons. The van der Waals surface area contributed by atoms with Crippen LogP contribution in [-0.2, 0) is 29.2 Å². The van der Waals surface area contributed by atoms with Gasteiger partial charge in [0.1, 0.15) is 12.4 Å². The molecule has 1 aliphatic heterocycles. The van der Waals surface area contributed by atoms with Gasteiger partial charge in [-0.05, 0) is 36.2 Å². The molecule has 0 unspecified atom stereocenters. The Kier molecular flexibility index (Phi) is 6.00. The van der Waals surface area contributed by atoms with Crippen LogP contribution in [0.3, 0.4) is 0 Å². The lowest BCUT2D eigenvalue weighted by Crippen LogP contribution is -2.29. The minimum absolute atomic E-state index is 0.0271. The van der Waals surface area contributed by atoms with Crippen molar-refractivity contribution in [1.82, 2.24) is 4.98 Å². The number of hydrogen-bond acceptors (Lipinski definition) is 4. The van der Waals surface area contributed by atoms with Gasteiger partial charge in [0.05, 0.1) is 26.2 Å². The summed E-state index contributed by atoms with van der Waals surface area (Å²) in [5.41, 5.74) is 0.596. The topological polar surface area (TPSA) is 59.5 Å². The molecule has 0 amide bonds. The summed E-state index contributed by atoms with van der Waals surface area (Å²) in [4.78, 5) is 3.44. The van der Waals surface area contributed by atoms with Gasteiger partial charge in [0.25, 0.3) is 10.0 Å². The smallest absolute Gasteiger partial charge is 0.416 e. The fourth-order valence-corrected chi connectivity index (χ4v) is 5.38. The lowest BCUT2D eigenvalue weighted by atomic mass is 10.1. The zero-order valence-corrected chi connectivity index (χ0v) is 18.6. The SMILES string of the molecule is O=S(=O)(c1cccc(C(F)(F)F)c1)N1CCc2ccc(OCc3c(Cl)cncc3Cl)cc21. The fraction of sp³-hybridized carbons (Fsp3) is 0.190. The molecule has 5 nitrogen and oxygen atoms in total. The summed E-state index contributed by atoms with van der Waals surface area (Å²) in [6.45, 7) is 0.138. The van der Waals surface area contributed by atoms with Gasteiger partial charge in [-0.2, -0.15) is 13.2 Å². The summed E-state index contributed by atoms with van der Waals surface area (Å²) < 4.78 is 72.3. The minimum Gasteiger partial charge on any atom is -0.489 e. The monoisotopic (exact) mass is 502 g/mol. The van der Waals surface area contributed by atoms with E-state index in [0.29, 0.717) is 39.5 Å². The summed E-state index contributed by atoms with van der Waals surface area (Å²) >= 11 is 12.2. The van der Waals surface area contributed by atoms with E-state index in [4.69, 9.17) is 27.9 Å². The average molecular weight is 503 g/mol. The molecule has 0 spiro atoms. The fourth-order valence-electron chi connectivity index (χ4n) is 3.36. The van der Waals surface area contributed by atoms with E-state index in [1.807, 2.05) is 0 Å². The van der Waals surface area contributed by atoms with Crippen LogP contribution in [0.15, 0.2) is 59.8 Å². The molecule has 0 atom stereocenters. The van der Waals surface area contributed by atoms with Crippen molar-refractivity contribution in [2.24, 2.45) is 0 Å². The zero-order chi connectivity index (χ0) is 23.1. The number of anilines is 1. The first-order valence-electron chi connectivity index (χ1n) is 9.31. The van der Waals surface area contributed by atoms with E-state index in [1.165, 1.54) is 18.5 Å². The second-order valence-corrected chi connectivity index (χ2v) is 9.69. The summed E-state index contributed by atoms with van der Waals surface area (Å²) in [5.74, 6) is 0.360. The van der Waals surface area contributed by atoms with Crippen molar-refractivity contribution in [3.8, 4) is 5.75 Å². The van der Waals surface area contributed by atoms with Crippen LogP contribution in [0.5, 0.6) is 5.75 Å². The molecule has 3 aromatic rings. The van der Waals surface area contributed by atoms with Gasteiger partial charge in [-0.25, -0.2) is 8.42 Å². The molecule has 11 heteroatoms. The van der Waals surface area contributed by atoms with Gasteiger partial charge in [0.15, 0.2) is 0 Å². The van der Waals surface area contributed by atoms with Crippen molar-refractivity contribution in [2.75, 3.05) is 10.8 Å². The molecule has 0 bridgehead atoms. The molecule has 2 heterocycles. The first-order valence-corrected chi connectivity index (χ1v) is 11.5.